The van der Waals surface area contributed by atoms with Crippen LogP contribution in [0.25, 0.3) is 0 Å². The summed E-state index contributed by atoms with van der Waals surface area (Å²) in [5.74, 6) is 16.7. The predicted molar refractivity (Wildman–Crippen MR) is 137 cm³/mol. The summed E-state index contributed by atoms with van der Waals surface area (Å²) in [7, 11) is 0. The van der Waals surface area contributed by atoms with E-state index in [2.05, 4.69) is 59.7 Å². The van der Waals surface area contributed by atoms with Crippen molar-refractivity contribution in [3.63, 3.8) is 0 Å². The van der Waals surface area contributed by atoms with Gasteiger partial charge in [-0.3, -0.25) is 0 Å². The molecule has 0 unspecified atom stereocenters. The number of halogens is 2. The van der Waals surface area contributed by atoms with E-state index in [1.807, 2.05) is 54.5 Å². The molecule has 0 aliphatic rings. The Bertz CT molecular complexity index is 1410. The lowest BCUT2D eigenvalue weighted by Crippen LogP contribution is -1.88. The van der Waals surface area contributed by atoms with Crippen molar-refractivity contribution < 1.29 is 8.78 Å². The van der Waals surface area contributed by atoms with Gasteiger partial charge in [-0.05, 0) is 85.7 Å². The van der Waals surface area contributed by atoms with Crippen molar-refractivity contribution >= 4 is 23.1 Å². The van der Waals surface area contributed by atoms with E-state index in [1.165, 1.54) is 0 Å². The van der Waals surface area contributed by atoms with E-state index in [-0.39, 0.29) is 5.56 Å². The van der Waals surface area contributed by atoms with Gasteiger partial charge in [0.15, 0.2) is 11.6 Å². The molecule has 0 aromatic heterocycles. The van der Waals surface area contributed by atoms with Gasteiger partial charge in [0.2, 0.25) is 0 Å². The van der Waals surface area contributed by atoms with Crippen LogP contribution in [0.2, 0.25) is 0 Å². The zero-order valence-corrected chi connectivity index (χ0v) is 19.7. The van der Waals surface area contributed by atoms with Gasteiger partial charge in [0.1, 0.15) is 5.69 Å². The highest BCUT2D eigenvalue weighted by Crippen LogP contribution is 2.23. The minimum absolute atomic E-state index is 0.208. The summed E-state index contributed by atoms with van der Waals surface area (Å²) in [6.45, 7) is 4.07. The largest absolute Gasteiger partial charge is 0.204 e. The fourth-order valence-corrected chi connectivity index (χ4v) is 3.11. The number of benzene rings is 3. The van der Waals surface area contributed by atoms with Gasteiger partial charge < -0.3 is 0 Å². The number of hydrogen-bond donors (Lipinski definition) is 0. The van der Waals surface area contributed by atoms with Gasteiger partial charge in [0.05, 0.1) is 5.16 Å². The van der Waals surface area contributed by atoms with Gasteiger partial charge in [-0.2, -0.15) is 4.99 Å². The molecule has 34 heavy (non-hydrogen) atoms. The zero-order chi connectivity index (χ0) is 24.3. The van der Waals surface area contributed by atoms with E-state index < -0.39 is 17.3 Å². The molecule has 0 N–H and O–H groups in total. The van der Waals surface area contributed by atoms with Crippen molar-refractivity contribution in [1.82, 2.24) is 0 Å². The van der Waals surface area contributed by atoms with Crippen molar-refractivity contribution in [2.24, 2.45) is 4.99 Å². The fourth-order valence-electron chi connectivity index (χ4n) is 3.02. The van der Waals surface area contributed by atoms with Crippen molar-refractivity contribution in [1.29, 1.82) is 0 Å². The Morgan fingerprint density at radius 1 is 0.765 bits per heavy atom. The Hall–Kier alpha value is -4.00. The third-order valence-electron chi connectivity index (χ3n) is 4.87. The first kappa shape index (κ1) is 24.6. The van der Waals surface area contributed by atoms with E-state index in [1.54, 1.807) is 0 Å². The van der Waals surface area contributed by atoms with Crippen LogP contribution in [0, 0.1) is 54.1 Å². The maximum Gasteiger partial charge on any atom is 0.153 e. The average Bonchev–Trinajstić information content (AvgIpc) is 2.83. The molecule has 0 radical (unpaired) electrons. The molecule has 3 aromatic rings. The molecule has 0 aliphatic carbocycles. The van der Waals surface area contributed by atoms with Crippen molar-refractivity contribution in [2.75, 3.05) is 0 Å². The van der Waals surface area contributed by atoms with E-state index in [4.69, 9.17) is 0 Å². The lowest BCUT2D eigenvalue weighted by molar-refractivity contribution is 0.587. The lowest BCUT2D eigenvalue weighted by atomic mass is 10.0. The van der Waals surface area contributed by atoms with Crippen LogP contribution in [-0.2, 0) is 0 Å². The second-order valence-electron chi connectivity index (χ2n) is 7.50. The second kappa shape index (κ2) is 12.3. The third-order valence-corrected chi connectivity index (χ3v) is 4.96. The molecule has 0 saturated heterocycles. The number of nitrogens with zero attached hydrogens (tertiary/aromatic N) is 1. The van der Waals surface area contributed by atoms with Gasteiger partial charge in [-0.1, -0.05) is 48.9 Å². The monoisotopic (exact) mass is 465 g/mol. The standard InChI is InChI=1S/C30H21F2NS/c1-3-4-5-6-7-23-8-10-24(11-9-23)12-13-25-14-16-27(22(2)18-25)17-15-26-19-28(31)30(33-21-34)29(32)20-26/h8-11,14,16,18-20H,3-5H2,1-2H3. The molecule has 0 fully saturated rings. The predicted octanol–water partition coefficient (Wildman–Crippen LogP) is 7.35. The van der Waals surface area contributed by atoms with E-state index in [0.29, 0.717) is 0 Å². The Morgan fingerprint density at radius 2 is 1.35 bits per heavy atom. The molecule has 0 bridgehead atoms. The van der Waals surface area contributed by atoms with Gasteiger partial charge in [0.25, 0.3) is 0 Å². The minimum Gasteiger partial charge on any atom is -0.204 e. The molecule has 0 aliphatic heterocycles. The van der Waals surface area contributed by atoms with Gasteiger partial charge in [-0.25, -0.2) is 8.78 Å². The van der Waals surface area contributed by atoms with Crippen LogP contribution in [0.5, 0.6) is 0 Å². The quantitative estimate of drug-likeness (QED) is 0.170. The molecule has 166 valence electrons. The molecule has 3 aromatic carbocycles. The Balaban J connectivity index is 1.73. The zero-order valence-electron chi connectivity index (χ0n) is 18.9. The lowest BCUT2D eigenvalue weighted by Gasteiger charge is -2.00. The van der Waals surface area contributed by atoms with Crippen LogP contribution in [-0.4, -0.2) is 5.16 Å². The highest BCUT2D eigenvalue weighted by molar-refractivity contribution is 7.78. The fraction of sp³-hybridized carbons (Fsp3) is 0.167. The molecule has 0 heterocycles. The molecule has 0 atom stereocenters. The second-order valence-corrected chi connectivity index (χ2v) is 7.69. The average molecular weight is 466 g/mol. The van der Waals surface area contributed by atoms with Crippen LogP contribution < -0.4 is 0 Å². The van der Waals surface area contributed by atoms with Crippen LogP contribution in [0.1, 0.15) is 59.6 Å². The smallest absolute Gasteiger partial charge is 0.153 e. The third kappa shape index (κ3) is 7.00. The maximum atomic E-state index is 14.0. The Kier molecular flexibility index (Phi) is 8.91. The van der Waals surface area contributed by atoms with Crippen molar-refractivity contribution in [3.8, 4) is 35.5 Å². The van der Waals surface area contributed by atoms with Gasteiger partial charge in [-0.15, -0.1) is 0 Å². The SMILES string of the molecule is CCCCC#Cc1ccc(C#Cc2ccc(C#Cc3cc(F)c(N=C=S)c(F)c3)c(C)c2)cc1. The summed E-state index contributed by atoms with van der Waals surface area (Å²) in [6, 6.07) is 15.8. The number of unbranched alkanes of at least 4 members (excludes halogenated alkanes) is 2. The molecule has 0 amide bonds. The first-order chi connectivity index (χ1) is 16.5. The number of thiocarbonyl (C=S) groups is 1. The summed E-state index contributed by atoms with van der Waals surface area (Å²) < 4.78 is 28.0. The number of isothiocyanates is 1. The van der Waals surface area contributed by atoms with Gasteiger partial charge >= 0.3 is 0 Å². The minimum atomic E-state index is -0.833. The highest BCUT2D eigenvalue weighted by atomic mass is 32.1. The molecule has 0 saturated carbocycles. The summed E-state index contributed by atoms with van der Waals surface area (Å²) in [5, 5.41) is 1.97. The first-order valence-electron chi connectivity index (χ1n) is 10.8. The summed E-state index contributed by atoms with van der Waals surface area (Å²) in [5.41, 5.74) is 4.16. The van der Waals surface area contributed by atoms with Crippen LogP contribution in [0.4, 0.5) is 14.5 Å². The van der Waals surface area contributed by atoms with Gasteiger partial charge in [0, 0.05) is 34.2 Å². The number of hydrogen-bond acceptors (Lipinski definition) is 2. The molecule has 3 rings (SSSR count). The summed E-state index contributed by atoms with van der Waals surface area (Å²) in [6.07, 6.45) is 3.19. The molecular formula is C30H21F2NS. The molecular weight excluding hydrogens is 444 g/mol. The topological polar surface area (TPSA) is 12.4 Å². The number of aliphatic imine (C=N–C) groups is 1. The Morgan fingerprint density at radius 3 is 1.97 bits per heavy atom. The molecule has 0 spiro atoms. The van der Waals surface area contributed by atoms with Crippen molar-refractivity contribution in [3.05, 3.63) is 99.6 Å². The summed E-state index contributed by atoms with van der Waals surface area (Å²) >= 11 is 4.41. The van der Waals surface area contributed by atoms with Crippen LogP contribution >= 0.6 is 12.2 Å². The van der Waals surface area contributed by atoms with Crippen LogP contribution in [0.15, 0.2) is 59.6 Å². The maximum absolute atomic E-state index is 14.0. The van der Waals surface area contributed by atoms with E-state index >= 15 is 0 Å². The Labute approximate surface area is 205 Å². The normalized spacial score (nSPS) is 9.41. The first-order valence-corrected chi connectivity index (χ1v) is 11.2. The highest BCUT2D eigenvalue weighted by Gasteiger charge is 2.09. The number of aryl methyl sites for hydroxylation is 1. The molecule has 4 heteroatoms. The number of rotatable bonds is 3. The van der Waals surface area contributed by atoms with Crippen LogP contribution in [0.3, 0.4) is 0 Å². The van der Waals surface area contributed by atoms with E-state index in [9.17, 15) is 8.78 Å². The van der Waals surface area contributed by atoms with Crippen molar-refractivity contribution in [2.45, 2.75) is 33.1 Å². The molecule has 1 nitrogen and oxygen atoms in total. The van der Waals surface area contributed by atoms with E-state index in [0.717, 1.165) is 59.2 Å². The summed E-state index contributed by atoms with van der Waals surface area (Å²) in [4.78, 5) is 3.40.